The van der Waals surface area contributed by atoms with Crippen molar-refractivity contribution in [3.63, 3.8) is 0 Å². The number of pyridine rings is 1. The molecule has 2 aromatic rings. The van der Waals surface area contributed by atoms with Crippen LogP contribution < -0.4 is 0 Å². The van der Waals surface area contributed by atoms with Gasteiger partial charge in [0.15, 0.2) is 0 Å². The zero-order valence-corrected chi connectivity index (χ0v) is 14.3. The van der Waals surface area contributed by atoms with Crippen molar-refractivity contribution in [2.75, 3.05) is 12.3 Å². The van der Waals surface area contributed by atoms with Gasteiger partial charge in [-0.15, -0.1) is 11.8 Å². The summed E-state index contributed by atoms with van der Waals surface area (Å²) in [6.45, 7) is 2.96. The Bertz CT molecular complexity index is 659. The lowest BCUT2D eigenvalue weighted by molar-refractivity contribution is 0.0607. The summed E-state index contributed by atoms with van der Waals surface area (Å²) < 4.78 is 0. The summed E-state index contributed by atoms with van der Waals surface area (Å²) >= 11 is 1.76. The van der Waals surface area contributed by atoms with Crippen LogP contribution in [0.2, 0.25) is 0 Å². The number of hydrogen-bond acceptors (Lipinski definition) is 3. The summed E-state index contributed by atoms with van der Waals surface area (Å²) in [6, 6.07) is 13.9. The fraction of sp³-hybridized carbons (Fsp3) is 0.368. The molecule has 1 saturated heterocycles. The van der Waals surface area contributed by atoms with E-state index in [4.69, 9.17) is 0 Å². The molecule has 1 aliphatic rings. The molecular weight excluding hydrogens is 304 g/mol. The van der Waals surface area contributed by atoms with E-state index < -0.39 is 0 Å². The number of piperidine rings is 1. The maximum Gasteiger partial charge on any atom is 0.254 e. The predicted octanol–water partition coefficient (Wildman–Crippen LogP) is 4.56. The molecule has 0 N–H and O–H groups in total. The molecular formula is C19H22N2OS. The van der Waals surface area contributed by atoms with Gasteiger partial charge in [-0.3, -0.25) is 4.79 Å². The normalized spacial score (nSPS) is 18.0. The summed E-state index contributed by atoms with van der Waals surface area (Å²) in [6.07, 6.45) is 5.09. The maximum atomic E-state index is 13.0. The lowest BCUT2D eigenvalue weighted by Crippen LogP contribution is -2.38. The lowest BCUT2D eigenvalue weighted by Gasteiger charge is -2.36. The standard InChI is InChI=1S/C19H22N2OS/c1-2-23-18-16(11-8-13-20-18)17-12-6-7-14-21(17)19(22)15-9-4-3-5-10-15/h3-5,8-11,13,17H,2,6-7,12,14H2,1H3. The van der Waals surface area contributed by atoms with E-state index in [0.717, 1.165) is 42.1 Å². The van der Waals surface area contributed by atoms with Gasteiger partial charge in [-0.05, 0) is 43.2 Å². The third kappa shape index (κ3) is 3.58. The Morgan fingerprint density at radius 3 is 2.83 bits per heavy atom. The molecule has 2 heterocycles. The van der Waals surface area contributed by atoms with E-state index >= 15 is 0 Å². The monoisotopic (exact) mass is 326 g/mol. The van der Waals surface area contributed by atoms with Crippen molar-refractivity contribution in [2.24, 2.45) is 0 Å². The number of thioether (sulfide) groups is 1. The molecule has 1 aliphatic heterocycles. The van der Waals surface area contributed by atoms with Crippen LogP contribution in [0.5, 0.6) is 0 Å². The maximum absolute atomic E-state index is 13.0. The van der Waals surface area contributed by atoms with Crippen LogP contribution in [0.4, 0.5) is 0 Å². The second-order valence-corrected chi connectivity index (χ2v) is 6.96. The first kappa shape index (κ1) is 16.1. The van der Waals surface area contributed by atoms with Crippen molar-refractivity contribution < 1.29 is 4.79 Å². The van der Waals surface area contributed by atoms with Gasteiger partial charge < -0.3 is 4.90 Å². The number of carbonyl (C=O) groups is 1. The smallest absolute Gasteiger partial charge is 0.254 e. The highest BCUT2D eigenvalue weighted by Gasteiger charge is 2.30. The number of carbonyl (C=O) groups excluding carboxylic acids is 1. The quantitative estimate of drug-likeness (QED) is 0.772. The Kier molecular flexibility index (Phi) is 5.34. The van der Waals surface area contributed by atoms with E-state index in [9.17, 15) is 4.79 Å². The molecule has 1 aromatic carbocycles. The third-order valence-corrected chi connectivity index (χ3v) is 5.13. The average molecular weight is 326 g/mol. The molecule has 0 radical (unpaired) electrons. The Morgan fingerprint density at radius 2 is 2.04 bits per heavy atom. The van der Waals surface area contributed by atoms with Gasteiger partial charge in [-0.25, -0.2) is 4.98 Å². The number of amides is 1. The molecule has 1 aromatic heterocycles. The Labute approximate surface area is 142 Å². The molecule has 3 nitrogen and oxygen atoms in total. The number of hydrogen-bond donors (Lipinski definition) is 0. The van der Waals surface area contributed by atoms with Crippen LogP contribution >= 0.6 is 11.8 Å². The van der Waals surface area contributed by atoms with Crippen molar-refractivity contribution in [2.45, 2.75) is 37.3 Å². The van der Waals surface area contributed by atoms with E-state index in [0.29, 0.717) is 0 Å². The van der Waals surface area contributed by atoms with Gasteiger partial charge in [0.2, 0.25) is 0 Å². The van der Waals surface area contributed by atoms with Crippen molar-refractivity contribution in [3.05, 3.63) is 59.8 Å². The van der Waals surface area contributed by atoms with E-state index in [1.807, 2.05) is 47.5 Å². The van der Waals surface area contributed by atoms with Crippen LogP contribution in [0.1, 0.15) is 48.1 Å². The second kappa shape index (κ2) is 7.64. The van der Waals surface area contributed by atoms with Crippen molar-refractivity contribution in [1.82, 2.24) is 9.88 Å². The molecule has 1 amide bonds. The van der Waals surface area contributed by atoms with Crippen molar-refractivity contribution in [1.29, 1.82) is 0 Å². The lowest BCUT2D eigenvalue weighted by atomic mass is 9.95. The van der Waals surface area contributed by atoms with Gasteiger partial charge in [0, 0.05) is 23.9 Å². The molecule has 0 aliphatic carbocycles. The minimum Gasteiger partial charge on any atom is -0.332 e. The summed E-state index contributed by atoms with van der Waals surface area (Å²) in [4.78, 5) is 19.5. The minimum atomic E-state index is 0.131. The van der Waals surface area contributed by atoms with Crippen LogP contribution in [0.25, 0.3) is 0 Å². The van der Waals surface area contributed by atoms with Crippen LogP contribution in [-0.2, 0) is 0 Å². The second-order valence-electron chi connectivity index (χ2n) is 5.71. The van der Waals surface area contributed by atoms with E-state index in [-0.39, 0.29) is 11.9 Å². The summed E-state index contributed by atoms with van der Waals surface area (Å²) in [5.41, 5.74) is 1.97. The molecule has 23 heavy (non-hydrogen) atoms. The summed E-state index contributed by atoms with van der Waals surface area (Å²) in [5.74, 6) is 1.12. The number of rotatable bonds is 4. The molecule has 120 valence electrons. The van der Waals surface area contributed by atoms with Gasteiger partial charge in [0.25, 0.3) is 5.91 Å². The van der Waals surface area contributed by atoms with Gasteiger partial charge >= 0.3 is 0 Å². The van der Waals surface area contributed by atoms with Crippen LogP contribution in [0.15, 0.2) is 53.7 Å². The fourth-order valence-corrected chi connectivity index (χ4v) is 3.94. The van der Waals surface area contributed by atoms with Gasteiger partial charge in [-0.2, -0.15) is 0 Å². The number of benzene rings is 1. The predicted molar refractivity (Wildman–Crippen MR) is 94.7 cm³/mol. The molecule has 0 saturated carbocycles. The molecule has 3 rings (SSSR count). The minimum absolute atomic E-state index is 0.131. The largest absolute Gasteiger partial charge is 0.332 e. The van der Waals surface area contributed by atoms with E-state index in [1.54, 1.807) is 11.8 Å². The molecule has 0 spiro atoms. The van der Waals surface area contributed by atoms with Crippen molar-refractivity contribution in [3.8, 4) is 0 Å². The molecule has 1 atom stereocenters. The Morgan fingerprint density at radius 1 is 1.22 bits per heavy atom. The number of aromatic nitrogens is 1. The molecule has 4 heteroatoms. The number of likely N-dealkylation sites (tertiary alicyclic amines) is 1. The third-order valence-electron chi connectivity index (χ3n) is 4.23. The Balaban J connectivity index is 1.92. The molecule has 1 fully saturated rings. The summed E-state index contributed by atoms with van der Waals surface area (Å²) in [5, 5.41) is 1.06. The highest BCUT2D eigenvalue weighted by atomic mass is 32.2. The molecule has 0 bridgehead atoms. The number of nitrogens with zero attached hydrogens (tertiary/aromatic N) is 2. The first-order valence-electron chi connectivity index (χ1n) is 8.25. The van der Waals surface area contributed by atoms with E-state index in [2.05, 4.69) is 18.0 Å². The SMILES string of the molecule is CCSc1ncccc1C1CCCCN1C(=O)c1ccccc1. The van der Waals surface area contributed by atoms with Crippen molar-refractivity contribution >= 4 is 17.7 Å². The zero-order chi connectivity index (χ0) is 16.1. The first-order chi connectivity index (χ1) is 11.3. The highest BCUT2D eigenvalue weighted by molar-refractivity contribution is 7.99. The highest BCUT2D eigenvalue weighted by Crippen LogP contribution is 2.36. The van der Waals surface area contributed by atoms with Gasteiger partial charge in [0.05, 0.1) is 6.04 Å². The zero-order valence-electron chi connectivity index (χ0n) is 13.4. The van der Waals surface area contributed by atoms with Gasteiger partial charge in [0.1, 0.15) is 5.03 Å². The van der Waals surface area contributed by atoms with Crippen LogP contribution in [-0.4, -0.2) is 28.1 Å². The van der Waals surface area contributed by atoms with Crippen LogP contribution in [0.3, 0.4) is 0 Å². The van der Waals surface area contributed by atoms with Crippen LogP contribution in [0, 0.1) is 0 Å². The average Bonchev–Trinajstić information content (AvgIpc) is 2.63. The first-order valence-corrected chi connectivity index (χ1v) is 9.23. The summed E-state index contributed by atoms with van der Waals surface area (Å²) in [7, 11) is 0. The Hall–Kier alpha value is -1.81. The topological polar surface area (TPSA) is 33.2 Å². The fourth-order valence-electron chi connectivity index (χ4n) is 3.16. The molecule has 1 unspecified atom stereocenters. The van der Waals surface area contributed by atoms with Gasteiger partial charge in [-0.1, -0.05) is 31.2 Å². The van der Waals surface area contributed by atoms with E-state index in [1.165, 1.54) is 5.56 Å².